The largest absolute Gasteiger partial charge is 0.497 e. The fourth-order valence-electron chi connectivity index (χ4n) is 1.94. The zero-order valence-corrected chi connectivity index (χ0v) is 15.5. The number of aliphatic carboxylic acids is 2. The van der Waals surface area contributed by atoms with Crippen molar-refractivity contribution in [1.29, 1.82) is 0 Å². The molecule has 0 aromatic heterocycles. The van der Waals surface area contributed by atoms with Crippen LogP contribution in [0.2, 0.25) is 0 Å². The third-order valence-corrected chi connectivity index (χ3v) is 3.28. The van der Waals surface area contributed by atoms with Gasteiger partial charge in [0.15, 0.2) is 0 Å². The fraction of sp³-hybridized carbons (Fsp3) is 0.474. The molecule has 0 fully saturated rings. The highest BCUT2D eigenvalue weighted by molar-refractivity contribution is 6.27. The number of unbranched alkanes of at least 4 members (excludes halogenated alkanes) is 1. The van der Waals surface area contributed by atoms with Crippen LogP contribution in [-0.2, 0) is 16.0 Å². The molecular formula is C19H29NO6. The first-order valence-electron chi connectivity index (χ1n) is 8.53. The number of carboxylic acid groups (broad SMARTS) is 2. The minimum Gasteiger partial charge on any atom is -0.497 e. The van der Waals surface area contributed by atoms with E-state index in [2.05, 4.69) is 18.8 Å². The van der Waals surface area contributed by atoms with Crippen molar-refractivity contribution in [3.63, 3.8) is 0 Å². The van der Waals surface area contributed by atoms with E-state index in [9.17, 15) is 0 Å². The van der Waals surface area contributed by atoms with Crippen LogP contribution >= 0.6 is 0 Å². The Labute approximate surface area is 154 Å². The molecule has 0 aliphatic carbocycles. The Morgan fingerprint density at radius 2 is 1.85 bits per heavy atom. The van der Waals surface area contributed by atoms with E-state index in [1.54, 1.807) is 7.11 Å². The second-order valence-electron chi connectivity index (χ2n) is 5.38. The summed E-state index contributed by atoms with van der Waals surface area (Å²) < 4.78 is 11.1. The first kappa shape index (κ1) is 23.5. The smallest absolute Gasteiger partial charge is 0.414 e. The normalized spacial score (nSPS) is 9.62. The van der Waals surface area contributed by atoms with Gasteiger partial charge in [0.1, 0.15) is 11.5 Å². The van der Waals surface area contributed by atoms with Crippen molar-refractivity contribution in [1.82, 2.24) is 5.32 Å². The van der Waals surface area contributed by atoms with E-state index in [1.165, 1.54) is 12.8 Å². The van der Waals surface area contributed by atoms with Crippen molar-refractivity contribution in [3.05, 3.63) is 36.4 Å². The van der Waals surface area contributed by atoms with Gasteiger partial charge >= 0.3 is 11.9 Å². The first-order valence-corrected chi connectivity index (χ1v) is 8.53. The van der Waals surface area contributed by atoms with E-state index < -0.39 is 11.9 Å². The third kappa shape index (κ3) is 11.1. The van der Waals surface area contributed by atoms with Crippen molar-refractivity contribution >= 4 is 11.9 Å². The molecule has 1 aromatic rings. The maximum Gasteiger partial charge on any atom is 0.414 e. The number of methoxy groups -OCH3 is 1. The topological polar surface area (TPSA) is 105 Å². The zero-order valence-electron chi connectivity index (χ0n) is 15.5. The summed E-state index contributed by atoms with van der Waals surface area (Å²) in [6.07, 6.45) is 6.17. The second-order valence-corrected chi connectivity index (χ2v) is 5.38. The monoisotopic (exact) mass is 367 g/mol. The minimum atomic E-state index is -1.82. The molecule has 1 aromatic carbocycles. The average molecular weight is 367 g/mol. The van der Waals surface area contributed by atoms with Gasteiger partial charge in [0.05, 0.1) is 13.7 Å². The number of ether oxygens (including phenoxy) is 2. The zero-order chi connectivity index (χ0) is 19.8. The SMILES string of the molecule is C=CCc1cc(OC)ccc1OCCCNCCCC.O=C(O)C(=O)O. The summed E-state index contributed by atoms with van der Waals surface area (Å²) in [5.74, 6) is -1.86. The highest BCUT2D eigenvalue weighted by Crippen LogP contribution is 2.25. The molecule has 0 saturated carbocycles. The Hall–Kier alpha value is -2.54. The summed E-state index contributed by atoms with van der Waals surface area (Å²) in [7, 11) is 1.68. The lowest BCUT2D eigenvalue weighted by molar-refractivity contribution is -0.159. The number of benzene rings is 1. The van der Waals surface area contributed by atoms with Gasteiger partial charge in [-0.15, -0.1) is 6.58 Å². The number of hydrogen-bond donors (Lipinski definition) is 3. The molecule has 0 unspecified atom stereocenters. The summed E-state index contributed by atoms with van der Waals surface area (Å²) in [5, 5.41) is 18.2. The Morgan fingerprint density at radius 1 is 1.19 bits per heavy atom. The van der Waals surface area contributed by atoms with Gasteiger partial charge in [0.25, 0.3) is 0 Å². The summed E-state index contributed by atoms with van der Waals surface area (Å²) in [4.78, 5) is 18.2. The first-order chi connectivity index (χ1) is 12.5. The van der Waals surface area contributed by atoms with Crippen molar-refractivity contribution in [3.8, 4) is 11.5 Å². The van der Waals surface area contributed by atoms with Crippen molar-refractivity contribution < 1.29 is 29.3 Å². The van der Waals surface area contributed by atoms with Gasteiger partial charge in [0.2, 0.25) is 0 Å². The molecule has 7 heteroatoms. The number of rotatable bonds is 11. The van der Waals surface area contributed by atoms with Gasteiger partial charge in [-0.1, -0.05) is 19.4 Å². The van der Waals surface area contributed by atoms with E-state index in [0.29, 0.717) is 0 Å². The van der Waals surface area contributed by atoms with Crippen LogP contribution in [0.3, 0.4) is 0 Å². The molecule has 3 N–H and O–H groups in total. The van der Waals surface area contributed by atoms with Crippen LogP contribution in [0.15, 0.2) is 30.9 Å². The van der Waals surface area contributed by atoms with Crippen molar-refractivity contribution in [2.24, 2.45) is 0 Å². The number of allylic oxidation sites excluding steroid dienone is 1. The predicted molar refractivity (Wildman–Crippen MR) is 100 cm³/mol. The Morgan fingerprint density at radius 3 is 2.38 bits per heavy atom. The maximum atomic E-state index is 9.10. The molecular weight excluding hydrogens is 338 g/mol. The average Bonchev–Trinajstić information content (AvgIpc) is 2.62. The lowest BCUT2D eigenvalue weighted by atomic mass is 10.1. The molecule has 26 heavy (non-hydrogen) atoms. The molecule has 0 radical (unpaired) electrons. The molecule has 146 valence electrons. The maximum absolute atomic E-state index is 9.10. The van der Waals surface area contributed by atoms with Gasteiger partial charge in [0, 0.05) is 5.56 Å². The van der Waals surface area contributed by atoms with Crippen LogP contribution < -0.4 is 14.8 Å². The van der Waals surface area contributed by atoms with Gasteiger partial charge in [-0.05, 0) is 50.6 Å². The number of carbonyl (C=O) groups is 2. The third-order valence-electron chi connectivity index (χ3n) is 3.28. The number of hydrogen-bond acceptors (Lipinski definition) is 5. The van der Waals surface area contributed by atoms with E-state index in [0.717, 1.165) is 49.6 Å². The van der Waals surface area contributed by atoms with E-state index in [-0.39, 0.29) is 0 Å². The molecule has 0 atom stereocenters. The molecule has 1 rings (SSSR count). The minimum absolute atomic E-state index is 0.732. The van der Waals surface area contributed by atoms with E-state index in [1.807, 2.05) is 24.3 Å². The lowest BCUT2D eigenvalue weighted by Gasteiger charge is -2.12. The van der Waals surface area contributed by atoms with Gasteiger partial charge in [-0.3, -0.25) is 0 Å². The molecule has 0 bridgehead atoms. The Bertz CT molecular complexity index is 547. The number of carboxylic acids is 2. The van der Waals surface area contributed by atoms with Gasteiger partial charge in [-0.2, -0.15) is 0 Å². The highest BCUT2D eigenvalue weighted by atomic mass is 16.5. The summed E-state index contributed by atoms with van der Waals surface area (Å²) in [5.41, 5.74) is 1.12. The summed E-state index contributed by atoms with van der Waals surface area (Å²) in [6.45, 7) is 8.83. The quantitative estimate of drug-likeness (QED) is 0.314. The second kappa shape index (κ2) is 14.8. The summed E-state index contributed by atoms with van der Waals surface area (Å²) >= 11 is 0. The lowest BCUT2D eigenvalue weighted by Crippen LogP contribution is -2.18. The molecule has 0 amide bonds. The number of nitrogens with one attached hydrogen (secondary N) is 1. The predicted octanol–water partition coefficient (Wildman–Crippen LogP) is 2.74. The molecule has 0 aliphatic heterocycles. The van der Waals surface area contributed by atoms with Gasteiger partial charge < -0.3 is 25.0 Å². The van der Waals surface area contributed by atoms with E-state index >= 15 is 0 Å². The van der Waals surface area contributed by atoms with Gasteiger partial charge in [-0.25, -0.2) is 9.59 Å². The molecule has 0 saturated heterocycles. The molecule has 0 heterocycles. The van der Waals surface area contributed by atoms with Crippen molar-refractivity contribution in [2.45, 2.75) is 32.6 Å². The Balaban J connectivity index is 0.000000896. The standard InChI is InChI=1S/C17H27NO2.C2H2O4/c1-4-6-11-18-12-7-13-20-17-10-9-16(19-3)14-15(17)8-5-2;3-1(4)2(5)6/h5,9-10,14,18H,2,4,6-8,11-13H2,1,3H3;(H,3,4)(H,5,6). The van der Waals surface area contributed by atoms with Crippen LogP contribution in [0.4, 0.5) is 0 Å². The fourth-order valence-corrected chi connectivity index (χ4v) is 1.94. The van der Waals surface area contributed by atoms with Crippen LogP contribution in [-0.4, -0.2) is 49.0 Å². The molecule has 0 spiro atoms. The molecule has 7 nitrogen and oxygen atoms in total. The van der Waals surface area contributed by atoms with Crippen LogP contribution in [0.5, 0.6) is 11.5 Å². The summed E-state index contributed by atoms with van der Waals surface area (Å²) in [6, 6.07) is 5.92. The molecule has 0 aliphatic rings. The van der Waals surface area contributed by atoms with Crippen molar-refractivity contribution in [2.75, 3.05) is 26.8 Å². The van der Waals surface area contributed by atoms with E-state index in [4.69, 9.17) is 29.3 Å². The van der Waals surface area contributed by atoms with Crippen LogP contribution in [0.1, 0.15) is 31.7 Å². The Kier molecular flexibility index (Phi) is 13.3. The van der Waals surface area contributed by atoms with Crippen LogP contribution in [0.25, 0.3) is 0 Å². The van der Waals surface area contributed by atoms with Crippen LogP contribution in [0, 0.1) is 0 Å². The highest BCUT2D eigenvalue weighted by Gasteiger charge is 2.05.